The fourth-order valence-electron chi connectivity index (χ4n) is 2.07. The van der Waals surface area contributed by atoms with Crippen molar-refractivity contribution < 1.29 is 9.32 Å². The quantitative estimate of drug-likeness (QED) is 0.742. The van der Waals surface area contributed by atoms with Gasteiger partial charge in [0.15, 0.2) is 0 Å². The average Bonchev–Trinajstić information content (AvgIpc) is 3.17. The van der Waals surface area contributed by atoms with E-state index in [1.165, 1.54) is 0 Å². The molecule has 1 amide bonds. The molecule has 0 aromatic carbocycles. The molecule has 1 atom stereocenters. The molecular weight excluding hydrogens is 348 g/mol. The zero-order valence-electron chi connectivity index (χ0n) is 14.2. The number of nitrogens with one attached hydrogen (secondary N) is 1. The first-order valence-corrected chi connectivity index (χ1v) is 8.70. The number of halogens is 1. The molecule has 134 valence electrons. The molecule has 0 bridgehead atoms. The molecule has 0 aliphatic rings. The average molecular weight is 373 g/mol. The van der Waals surface area contributed by atoms with Crippen LogP contribution in [0.2, 0.25) is 0 Å². The summed E-state index contributed by atoms with van der Waals surface area (Å²) in [6.07, 6.45) is 1.67. The van der Waals surface area contributed by atoms with E-state index in [0.717, 1.165) is 4.88 Å². The number of carbonyl (C=O) groups is 1. The Morgan fingerprint density at radius 2 is 2.25 bits per heavy atom. The van der Waals surface area contributed by atoms with E-state index in [2.05, 4.69) is 29.3 Å². The SMILES string of the molecule is CC(C)C(C)(CN)NC(=O)CCCc1nc(-c2cccs2)no1.Cl. The van der Waals surface area contributed by atoms with Crippen molar-refractivity contribution in [3.05, 3.63) is 23.4 Å². The summed E-state index contributed by atoms with van der Waals surface area (Å²) >= 11 is 1.57. The molecule has 0 saturated heterocycles. The number of hydrogen-bond acceptors (Lipinski definition) is 6. The lowest BCUT2D eigenvalue weighted by atomic mass is 9.88. The summed E-state index contributed by atoms with van der Waals surface area (Å²) in [4.78, 5) is 17.4. The number of aryl methyl sites for hydroxylation is 1. The van der Waals surface area contributed by atoms with Crippen LogP contribution in [0.25, 0.3) is 10.7 Å². The van der Waals surface area contributed by atoms with Crippen LogP contribution in [0.15, 0.2) is 22.0 Å². The molecule has 0 radical (unpaired) electrons. The van der Waals surface area contributed by atoms with Crippen LogP contribution in [0.3, 0.4) is 0 Å². The Morgan fingerprint density at radius 3 is 2.83 bits per heavy atom. The smallest absolute Gasteiger partial charge is 0.226 e. The second-order valence-corrected chi connectivity index (χ2v) is 7.11. The molecule has 0 aliphatic carbocycles. The van der Waals surface area contributed by atoms with E-state index in [-0.39, 0.29) is 29.8 Å². The van der Waals surface area contributed by atoms with Gasteiger partial charge in [0.2, 0.25) is 17.6 Å². The monoisotopic (exact) mass is 372 g/mol. The fourth-order valence-corrected chi connectivity index (χ4v) is 2.72. The largest absolute Gasteiger partial charge is 0.349 e. The standard InChI is InChI=1S/C16H24N4O2S.ClH/c1-11(2)16(3,10-17)19-13(21)7-4-8-14-18-15(20-22-14)12-6-5-9-23-12;/h5-6,9,11H,4,7-8,10,17H2,1-3H3,(H,19,21);1H. The first kappa shape index (κ1) is 20.6. The van der Waals surface area contributed by atoms with Gasteiger partial charge < -0.3 is 15.6 Å². The van der Waals surface area contributed by atoms with Crippen LogP contribution in [0.5, 0.6) is 0 Å². The number of hydrogen-bond donors (Lipinski definition) is 2. The summed E-state index contributed by atoms with van der Waals surface area (Å²) in [6, 6.07) is 3.90. The summed E-state index contributed by atoms with van der Waals surface area (Å²) in [5.41, 5.74) is 5.41. The predicted octanol–water partition coefficient (Wildman–Crippen LogP) is 3.03. The van der Waals surface area contributed by atoms with E-state index >= 15 is 0 Å². The molecule has 2 heterocycles. The highest BCUT2D eigenvalue weighted by Gasteiger charge is 2.28. The van der Waals surface area contributed by atoms with Crippen molar-refractivity contribution in [2.45, 2.75) is 45.6 Å². The van der Waals surface area contributed by atoms with Crippen molar-refractivity contribution in [3.63, 3.8) is 0 Å². The van der Waals surface area contributed by atoms with Crippen molar-refractivity contribution in [2.75, 3.05) is 6.54 Å². The molecule has 8 heteroatoms. The maximum absolute atomic E-state index is 12.1. The van der Waals surface area contributed by atoms with Gasteiger partial charge in [-0.1, -0.05) is 25.1 Å². The number of nitrogens with two attached hydrogens (primary N) is 1. The lowest BCUT2D eigenvalue weighted by Gasteiger charge is -2.33. The first-order chi connectivity index (χ1) is 10.9. The lowest BCUT2D eigenvalue weighted by Crippen LogP contribution is -2.54. The van der Waals surface area contributed by atoms with Crippen molar-refractivity contribution in [3.8, 4) is 10.7 Å². The van der Waals surface area contributed by atoms with Crippen LogP contribution < -0.4 is 11.1 Å². The van der Waals surface area contributed by atoms with E-state index in [0.29, 0.717) is 37.5 Å². The Kier molecular flexibility index (Phi) is 7.86. The molecule has 3 N–H and O–H groups in total. The normalized spacial score (nSPS) is 13.4. The molecule has 24 heavy (non-hydrogen) atoms. The topological polar surface area (TPSA) is 94.0 Å². The Hall–Kier alpha value is -1.44. The van der Waals surface area contributed by atoms with Crippen LogP contribution in [0, 0.1) is 5.92 Å². The van der Waals surface area contributed by atoms with Crippen LogP contribution in [-0.4, -0.2) is 28.1 Å². The number of aromatic nitrogens is 2. The first-order valence-electron chi connectivity index (χ1n) is 7.82. The van der Waals surface area contributed by atoms with E-state index in [1.54, 1.807) is 11.3 Å². The highest BCUT2D eigenvalue weighted by molar-refractivity contribution is 7.13. The third-order valence-corrected chi connectivity index (χ3v) is 4.99. The summed E-state index contributed by atoms with van der Waals surface area (Å²) in [6.45, 7) is 6.50. The molecule has 6 nitrogen and oxygen atoms in total. The third kappa shape index (κ3) is 5.29. The third-order valence-electron chi connectivity index (χ3n) is 4.13. The van der Waals surface area contributed by atoms with Crippen LogP contribution in [0.4, 0.5) is 0 Å². The van der Waals surface area contributed by atoms with Gasteiger partial charge >= 0.3 is 0 Å². The van der Waals surface area contributed by atoms with E-state index in [4.69, 9.17) is 10.3 Å². The van der Waals surface area contributed by atoms with Gasteiger partial charge in [0, 0.05) is 19.4 Å². The molecule has 2 rings (SSSR count). The molecule has 1 unspecified atom stereocenters. The van der Waals surface area contributed by atoms with Gasteiger partial charge in [0.1, 0.15) is 0 Å². The summed E-state index contributed by atoms with van der Waals surface area (Å²) in [5.74, 6) is 1.45. The van der Waals surface area contributed by atoms with E-state index in [9.17, 15) is 4.79 Å². The van der Waals surface area contributed by atoms with Crippen LogP contribution in [0.1, 0.15) is 39.5 Å². The van der Waals surface area contributed by atoms with Crippen molar-refractivity contribution >= 4 is 29.7 Å². The highest BCUT2D eigenvalue weighted by Crippen LogP contribution is 2.21. The number of rotatable bonds is 8. The second kappa shape index (κ2) is 9.15. The van der Waals surface area contributed by atoms with Gasteiger partial charge in [-0.15, -0.1) is 23.7 Å². The summed E-state index contributed by atoms with van der Waals surface area (Å²) < 4.78 is 5.22. The van der Waals surface area contributed by atoms with E-state index < -0.39 is 0 Å². The molecule has 2 aromatic heterocycles. The minimum atomic E-state index is -0.367. The number of amides is 1. The maximum atomic E-state index is 12.1. The van der Waals surface area contributed by atoms with E-state index in [1.807, 2.05) is 24.4 Å². The minimum Gasteiger partial charge on any atom is -0.349 e. The number of thiophene rings is 1. The Bertz CT molecular complexity index is 630. The maximum Gasteiger partial charge on any atom is 0.226 e. The Labute approximate surface area is 152 Å². The Balaban J connectivity index is 0.00000288. The zero-order chi connectivity index (χ0) is 16.9. The van der Waals surface area contributed by atoms with Gasteiger partial charge in [-0.05, 0) is 30.7 Å². The minimum absolute atomic E-state index is 0. The second-order valence-electron chi connectivity index (χ2n) is 6.17. The van der Waals surface area contributed by atoms with Gasteiger partial charge in [-0.25, -0.2) is 0 Å². The van der Waals surface area contributed by atoms with Gasteiger partial charge in [-0.3, -0.25) is 4.79 Å². The molecule has 0 saturated carbocycles. The molecule has 0 spiro atoms. The van der Waals surface area contributed by atoms with Gasteiger partial charge in [0.05, 0.1) is 10.4 Å². The molecule has 2 aromatic rings. The van der Waals surface area contributed by atoms with Crippen molar-refractivity contribution in [1.29, 1.82) is 0 Å². The Morgan fingerprint density at radius 1 is 1.50 bits per heavy atom. The van der Waals surface area contributed by atoms with Crippen molar-refractivity contribution in [1.82, 2.24) is 15.5 Å². The fraction of sp³-hybridized carbons (Fsp3) is 0.562. The number of carbonyl (C=O) groups excluding carboxylic acids is 1. The van der Waals surface area contributed by atoms with Gasteiger partial charge in [0.25, 0.3) is 0 Å². The zero-order valence-corrected chi connectivity index (χ0v) is 15.9. The molecular formula is C16H25ClN4O2S. The van der Waals surface area contributed by atoms with Gasteiger partial charge in [-0.2, -0.15) is 4.98 Å². The number of nitrogens with zero attached hydrogens (tertiary/aromatic N) is 2. The lowest BCUT2D eigenvalue weighted by molar-refractivity contribution is -0.123. The predicted molar refractivity (Wildman–Crippen MR) is 98.2 cm³/mol. The highest BCUT2D eigenvalue weighted by atomic mass is 35.5. The van der Waals surface area contributed by atoms with Crippen LogP contribution >= 0.6 is 23.7 Å². The van der Waals surface area contributed by atoms with Crippen LogP contribution in [-0.2, 0) is 11.2 Å². The van der Waals surface area contributed by atoms with Crippen molar-refractivity contribution in [2.24, 2.45) is 11.7 Å². The molecule has 0 aliphatic heterocycles. The molecule has 0 fully saturated rings. The summed E-state index contributed by atoms with van der Waals surface area (Å²) in [7, 11) is 0. The summed E-state index contributed by atoms with van der Waals surface area (Å²) in [5, 5.41) is 8.96.